The highest BCUT2D eigenvalue weighted by Gasteiger charge is 2.20. The minimum Gasteiger partial charge on any atom is -0.399 e. The number of carbonyl (C=O) groups is 1. The van der Waals surface area contributed by atoms with Crippen molar-refractivity contribution in [3.05, 3.63) is 59.8 Å². The smallest absolute Gasteiger partial charge is 0.180 e. The number of hydrogen-bond donors (Lipinski definition) is 3. The molecule has 0 unspecified atom stereocenters. The number of hydrogen-bond acceptors (Lipinski definition) is 5. The van der Waals surface area contributed by atoms with Crippen LogP contribution >= 0.6 is 0 Å². The minimum atomic E-state index is -3.46. The fourth-order valence-corrected chi connectivity index (χ4v) is 5.23. The first-order chi connectivity index (χ1) is 14.7. The molecule has 0 aliphatic carbocycles. The lowest BCUT2D eigenvalue weighted by molar-refractivity contribution is -0.119. The van der Waals surface area contributed by atoms with Crippen LogP contribution in [-0.4, -0.2) is 30.4 Å². The van der Waals surface area contributed by atoms with E-state index in [-0.39, 0.29) is 22.3 Å². The quantitative estimate of drug-likeness (QED) is 0.193. The first-order valence-corrected chi connectivity index (χ1v) is 11.8. The number of anilines is 1. The van der Waals surface area contributed by atoms with Crippen molar-refractivity contribution in [1.29, 1.82) is 5.41 Å². The molecule has 0 saturated heterocycles. The minimum absolute atomic E-state index is 0.000695. The molecular weight excluding hydrogens is 412 g/mol. The lowest BCUT2D eigenvalue weighted by Gasteiger charge is -2.05. The van der Waals surface area contributed by atoms with Gasteiger partial charge in [-0.2, -0.15) is 0 Å². The zero-order valence-corrected chi connectivity index (χ0v) is 18.4. The van der Waals surface area contributed by atoms with Gasteiger partial charge in [0.1, 0.15) is 11.6 Å². The summed E-state index contributed by atoms with van der Waals surface area (Å²) in [6.07, 6.45) is 3.99. The van der Waals surface area contributed by atoms with Crippen LogP contribution in [0.1, 0.15) is 36.8 Å². The molecular formula is C23H28N4O3S. The maximum absolute atomic E-state index is 12.8. The SMILES string of the molecule is Cn1cc(S(=O)(=O)CCCCC(=O)CCc2ccc(C(=N)N)cc2)c2cc(N)ccc21. The molecule has 2 aromatic carbocycles. The summed E-state index contributed by atoms with van der Waals surface area (Å²) in [7, 11) is -1.65. The predicted octanol–water partition coefficient (Wildman–Crippen LogP) is 3.19. The number of sulfone groups is 1. The molecule has 0 spiro atoms. The number of amidine groups is 1. The molecule has 0 amide bonds. The molecule has 0 aliphatic rings. The second kappa shape index (κ2) is 9.34. The van der Waals surface area contributed by atoms with Crippen LogP contribution in [-0.2, 0) is 28.1 Å². The Kier molecular flexibility index (Phi) is 6.80. The zero-order chi connectivity index (χ0) is 22.6. The summed E-state index contributed by atoms with van der Waals surface area (Å²) in [4.78, 5) is 12.5. The third-order valence-corrected chi connectivity index (χ3v) is 7.21. The summed E-state index contributed by atoms with van der Waals surface area (Å²) in [6, 6.07) is 12.5. The molecule has 7 nitrogen and oxygen atoms in total. The second-order valence-electron chi connectivity index (χ2n) is 7.81. The van der Waals surface area contributed by atoms with Crippen molar-refractivity contribution in [2.75, 3.05) is 11.5 Å². The molecule has 0 atom stereocenters. The van der Waals surface area contributed by atoms with Gasteiger partial charge in [-0.15, -0.1) is 0 Å². The van der Waals surface area contributed by atoms with E-state index in [9.17, 15) is 13.2 Å². The van der Waals surface area contributed by atoms with Crippen molar-refractivity contribution >= 4 is 38.0 Å². The Bertz CT molecular complexity index is 1210. The molecule has 3 aromatic rings. The Hall–Kier alpha value is -3.13. The van der Waals surface area contributed by atoms with Gasteiger partial charge in [-0.25, -0.2) is 8.42 Å². The number of nitrogens with zero attached hydrogens (tertiary/aromatic N) is 1. The number of nitrogens with two attached hydrogens (primary N) is 2. The molecule has 1 heterocycles. The van der Waals surface area contributed by atoms with Gasteiger partial charge >= 0.3 is 0 Å². The number of nitrogen functional groups attached to an aromatic ring is 2. The predicted molar refractivity (Wildman–Crippen MR) is 124 cm³/mol. The molecule has 8 heteroatoms. The summed E-state index contributed by atoms with van der Waals surface area (Å²) >= 11 is 0. The van der Waals surface area contributed by atoms with Gasteiger partial charge in [0.05, 0.1) is 10.6 Å². The van der Waals surface area contributed by atoms with Crippen LogP contribution in [0.25, 0.3) is 10.9 Å². The van der Waals surface area contributed by atoms with E-state index in [2.05, 4.69) is 0 Å². The van der Waals surface area contributed by atoms with E-state index in [0.717, 1.165) is 11.1 Å². The summed E-state index contributed by atoms with van der Waals surface area (Å²) in [5, 5.41) is 8.03. The summed E-state index contributed by atoms with van der Waals surface area (Å²) in [5.74, 6) is 0.135. The zero-order valence-electron chi connectivity index (χ0n) is 17.6. The number of ketones is 1. The number of benzene rings is 2. The first-order valence-electron chi connectivity index (χ1n) is 10.2. The number of aryl methyl sites for hydroxylation is 2. The van der Waals surface area contributed by atoms with Crippen molar-refractivity contribution in [1.82, 2.24) is 4.57 Å². The second-order valence-corrected chi connectivity index (χ2v) is 9.88. The topological polar surface area (TPSA) is 132 Å². The molecule has 0 radical (unpaired) electrons. The van der Waals surface area contributed by atoms with Crippen LogP contribution in [0.3, 0.4) is 0 Å². The van der Waals surface area contributed by atoms with Gasteiger partial charge in [0.25, 0.3) is 0 Å². The van der Waals surface area contributed by atoms with E-state index >= 15 is 0 Å². The van der Waals surface area contributed by atoms with Gasteiger partial charge in [0.2, 0.25) is 0 Å². The van der Waals surface area contributed by atoms with Gasteiger partial charge in [-0.3, -0.25) is 10.2 Å². The maximum Gasteiger partial charge on any atom is 0.180 e. The fourth-order valence-electron chi connectivity index (χ4n) is 3.61. The van der Waals surface area contributed by atoms with Crippen molar-refractivity contribution in [3.8, 4) is 0 Å². The van der Waals surface area contributed by atoms with Gasteiger partial charge in [-0.05, 0) is 43.0 Å². The van der Waals surface area contributed by atoms with E-state index in [1.807, 2.05) is 25.2 Å². The van der Waals surface area contributed by atoms with Crippen LogP contribution in [0, 0.1) is 5.41 Å². The number of nitrogens with one attached hydrogen (secondary N) is 1. The summed E-state index contributed by atoms with van der Waals surface area (Å²) in [6.45, 7) is 0. The van der Waals surface area contributed by atoms with Gasteiger partial charge in [0, 0.05) is 48.2 Å². The molecule has 0 bridgehead atoms. The standard InChI is InChI=1S/C23H28N4O3S/c1-27-15-22(20-14-18(24)10-12-21(20)27)31(29,30)13-3-2-4-19(28)11-7-16-5-8-17(9-6-16)23(25)26/h5-6,8-10,12,14-15H,2-4,7,11,13,24H2,1H3,(H3,25,26). The highest BCUT2D eigenvalue weighted by molar-refractivity contribution is 7.91. The number of unbranched alkanes of at least 4 members (excludes halogenated alkanes) is 1. The molecule has 0 fully saturated rings. The van der Waals surface area contributed by atoms with Gasteiger partial charge < -0.3 is 16.0 Å². The van der Waals surface area contributed by atoms with Crippen molar-refractivity contribution in [2.45, 2.75) is 37.0 Å². The molecule has 31 heavy (non-hydrogen) atoms. The van der Waals surface area contributed by atoms with E-state index < -0.39 is 9.84 Å². The lowest BCUT2D eigenvalue weighted by Crippen LogP contribution is -2.10. The molecule has 5 N–H and O–H groups in total. The first kappa shape index (κ1) is 22.6. The van der Waals surface area contributed by atoms with Crippen LogP contribution < -0.4 is 11.5 Å². The number of rotatable bonds is 10. The third kappa shape index (κ3) is 5.52. The normalized spacial score (nSPS) is 11.6. The van der Waals surface area contributed by atoms with Gasteiger partial charge in [0.15, 0.2) is 9.84 Å². The van der Waals surface area contributed by atoms with Crippen LogP contribution in [0.5, 0.6) is 0 Å². The molecule has 1 aromatic heterocycles. The van der Waals surface area contributed by atoms with Crippen LogP contribution in [0.2, 0.25) is 0 Å². The Morgan fingerprint density at radius 2 is 1.77 bits per heavy atom. The maximum atomic E-state index is 12.8. The van der Waals surface area contributed by atoms with E-state index in [0.29, 0.717) is 48.7 Å². The van der Waals surface area contributed by atoms with E-state index in [1.54, 1.807) is 35.0 Å². The highest BCUT2D eigenvalue weighted by atomic mass is 32.2. The highest BCUT2D eigenvalue weighted by Crippen LogP contribution is 2.28. The molecule has 0 saturated carbocycles. The van der Waals surface area contributed by atoms with Crippen molar-refractivity contribution < 1.29 is 13.2 Å². The molecule has 164 valence electrons. The fraction of sp³-hybridized carbons (Fsp3) is 0.304. The van der Waals surface area contributed by atoms with E-state index in [4.69, 9.17) is 16.9 Å². The summed E-state index contributed by atoms with van der Waals surface area (Å²) in [5.41, 5.74) is 14.3. The monoisotopic (exact) mass is 440 g/mol. The molecule has 0 aliphatic heterocycles. The Morgan fingerprint density at radius 1 is 1.06 bits per heavy atom. The third-order valence-electron chi connectivity index (χ3n) is 5.39. The summed E-state index contributed by atoms with van der Waals surface area (Å²) < 4.78 is 27.5. The largest absolute Gasteiger partial charge is 0.399 e. The number of aromatic nitrogens is 1. The number of carbonyl (C=O) groups excluding carboxylic acids is 1. The lowest BCUT2D eigenvalue weighted by atomic mass is 10.0. The van der Waals surface area contributed by atoms with Crippen LogP contribution in [0.15, 0.2) is 53.6 Å². The van der Waals surface area contributed by atoms with Crippen molar-refractivity contribution in [3.63, 3.8) is 0 Å². The van der Waals surface area contributed by atoms with E-state index in [1.165, 1.54) is 0 Å². The average molecular weight is 441 g/mol. The Labute approximate surface area is 182 Å². The average Bonchev–Trinajstić information content (AvgIpc) is 3.06. The molecule has 3 rings (SSSR count). The van der Waals surface area contributed by atoms with Crippen LogP contribution in [0.4, 0.5) is 5.69 Å². The Morgan fingerprint density at radius 3 is 2.45 bits per heavy atom. The number of fused-ring (bicyclic) bond motifs is 1. The Balaban J connectivity index is 1.49. The number of Topliss-reactive ketones (excluding diaryl/α,β-unsaturated/α-hetero) is 1. The van der Waals surface area contributed by atoms with Gasteiger partial charge in [-0.1, -0.05) is 24.3 Å². The van der Waals surface area contributed by atoms with Crippen molar-refractivity contribution in [2.24, 2.45) is 12.8 Å².